The van der Waals surface area contributed by atoms with Gasteiger partial charge in [-0.05, 0) is 42.8 Å². The summed E-state index contributed by atoms with van der Waals surface area (Å²) in [5.41, 5.74) is 1.99. The predicted molar refractivity (Wildman–Crippen MR) is 87.2 cm³/mol. The van der Waals surface area contributed by atoms with Crippen LogP contribution in [-0.4, -0.2) is 20.8 Å². The molecule has 0 bridgehead atoms. The molecule has 1 amide bonds. The summed E-state index contributed by atoms with van der Waals surface area (Å²) in [7, 11) is 0. The van der Waals surface area contributed by atoms with E-state index in [1.807, 2.05) is 13.0 Å². The normalized spacial score (nSPS) is 12.1. The van der Waals surface area contributed by atoms with Crippen LogP contribution in [0.4, 0.5) is 10.1 Å². The zero-order valence-electron chi connectivity index (χ0n) is 12.3. The summed E-state index contributed by atoms with van der Waals surface area (Å²) in [5.74, 6) is -0.184. The molecule has 1 aromatic heterocycles. The van der Waals surface area contributed by atoms with Crippen LogP contribution in [-0.2, 0) is 4.79 Å². The Morgan fingerprint density at radius 3 is 2.78 bits per heavy atom. The molecule has 0 radical (unpaired) electrons. The first-order chi connectivity index (χ1) is 11.2. The van der Waals surface area contributed by atoms with Gasteiger partial charge in [-0.3, -0.25) is 4.79 Å². The Morgan fingerprint density at radius 1 is 1.26 bits per heavy atom. The molecular formula is C16H14FN3O2S. The van der Waals surface area contributed by atoms with E-state index in [0.717, 1.165) is 17.2 Å². The van der Waals surface area contributed by atoms with E-state index in [0.29, 0.717) is 23.4 Å². The maximum absolute atomic E-state index is 12.9. The number of hydrogen-bond donors (Lipinski definition) is 1. The topological polar surface area (TPSA) is 64.1 Å². The van der Waals surface area contributed by atoms with Gasteiger partial charge >= 0.3 is 0 Å². The number of benzene rings is 2. The van der Waals surface area contributed by atoms with Crippen LogP contribution >= 0.6 is 11.7 Å². The highest BCUT2D eigenvalue weighted by molar-refractivity contribution is 7.00. The van der Waals surface area contributed by atoms with E-state index in [-0.39, 0.29) is 11.7 Å². The number of amides is 1. The SMILES string of the molecule is CCC(Oc1ccc(F)cc1)C(=O)Nc1cccc2nsnc12. The molecule has 23 heavy (non-hydrogen) atoms. The Morgan fingerprint density at radius 2 is 2.04 bits per heavy atom. The molecule has 1 heterocycles. The van der Waals surface area contributed by atoms with Gasteiger partial charge in [0.25, 0.3) is 5.91 Å². The molecule has 0 aliphatic rings. The number of rotatable bonds is 5. The average Bonchev–Trinajstić information content (AvgIpc) is 3.04. The molecule has 0 saturated heterocycles. The first-order valence-corrected chi connectivity index (χ1v) is 7.85. The molecule has 0 aliphatic heterocycles. The van der Waals surface area contributed by atoms with Crippen molar-refractivity contribution in [3.8, 4) is 5.75 Å². The van der Waals surface area contributed by atoms with Crippen molar-refractivity contribution in [3.05, 3.63) is 48.3 Å². The third kappa shape index (κ3) is 3.45. The molecule has 5 nitrogen and oxygen atoms in total. The van der Waals surface area contributed by atoms with Crippen LogP contribution in [0.25, 0.3) is 11.0 Å². The summed E-state index contributed by atoms with van der Waals surface area (Å²) >= 11 is 1.09. The summed E-state index contributed by atoms with van der Waals surface area (Å²) in [6.07, 6.45) is -0.198. The van der Waals surface area contributed by atoms with Gasteiger partial charge in [0.15, 0.2) is 6.10 Å². The van der Waals surface area contributed by atoms with E-state index in [1.54, 1.807) is 12.1 Å². The largest absolute Gasteiger partial charge is 0.481 e. The lowest BCUT2D eigenvalue weighted by Crippen LogP contribution is -2.32. The van der Waals surface area contributed by atoms with Gasteiger partial charge in [-0.2, -0.15) is 8.75 Å². The summed E-state index contributed by atoms with van der Waals surface area (Å²) in [6.45, 7) is 1.85. The minimum atomic E-state index is -0.678. The number of fused-ring (bicyclic) bond motifs is 1. The van der Waals surface area contributed by atoms with Gasteiger partial charge in [0.05, 0.1) is 17.4 Å². The second-order valence-electron chi connectivity index (χ2n) is 4.90. The monoisotopic (exact) mass is 331 g/mol. The average molecular weight is 331 g/mol. The molecule has 7 heteroatoms. The number of ether oxygens (including phenoxy) is 1. The van der Waals surface area contributed by atoms with Gasteiger partial charge in [-0.15, -0.1) is 0 Å². The third-order valence-electron chi connectivity index (χ3n) is 3.30. The number of aromatic nitrogens is 2. The van der Waals surface area contributed by atoms with E-state index in [1.165, 1.54) is 24.3 Å². The third-order valence-corrected chi connectivity index (χ3v) is 3.84. The zero-order valence-corrected chi connectivity index (χ0v) is 13.1. The summed E-state index contributed by atoms with van der Waals surface area (Å²) in [5, 5.41) is 2.82. The van der Waals surface area contributed by atoms with Crippen molar-refractivity contribution < 1.29 is 13.9 Å². The molecule has 0 spiro atoms. The number of nitrogens with zero attached hydrogens (tertiary/aromatic N) is 2. The Balaban J connectivity index is 1.75. The van der Waals surface area contributed by atoms with Crippen molar-refractivity contribution in [2.24, 2.45) is 0 Å². The quantitative estimate of drug-likeness (QED) is 0.775. The van der Waals surface area contributed by atoms with Crippen LogP contribution in [0.15, 0.2) is 42.5 Å². The van der Waals surface area contributed by atoms with Gasteiger partial charge in [0, 0.05) is 0 Å². The molecule has 3 rings (SSSR count). The van der Waals surface area contributed by atoms with Crippen molar-refractivity contribution in [3.63, 3.8) is 0 Å². The molecule has 0 aliphatic carbocycles. The molecule has 0 saturated carbocycles. The van der Waals surface area contributed by atoms with Gasteiger partial charge in [-0.1, -0.05) is 13.0 Å². The number of anilines is 1. The van der Waals surface area contributed by atoms with Gasteiger partial charge in [0.1, 0.15) is 22.6 Å². The van der Waals surface area contributed by atoms with E-state index in [2.05, 4.69) is 14.1 Å². The van der Waals surface area contributed by atoms with Crippen molar-refractivity contribution in [1.29, 1.82) is 0 Å². The molecule has 2 aromatic carbocycles. The predicted octanol–water partition coefficient (Wildman–Crippen LogP) is 3.63. The molecule has 1 atom stereocenters. The highest BCUT2D eigenvalue weighted by Crippen LogP contribution is 2.22. The van der Waals surface area contributed by atoms with Crippen molar-refractivity contribution in [1.82, 2.24) is 8.75 Å². The fourth-order valence-corrected chi connectivity index (χ4v) is 2.67. The fourth-order valence-electron chi connectivity index (χ4n) is 2.12. The molecular weight excluding hydrogens is 317 g/mol. The van der Waals surface area contributed by atoms with Crippen molar-refractivity contribution in [2.75, 3.05) is 5.32 Å². The molecule has 3 aromatic rings. The second-order valence-corrected chi connectivity index (χ2v) is 5.42. The maximum Gasteiger partial charge on any atom is 0.265 e. The zero-order chi connectivity index (χ0) is 16.2. The van der Waals surface area contributed by atoms with E-state index in [9.17, 15) is 9.18 Å². The standard InChI is InChI=1S/C16H14FN3O2S/c1-2-14(22-11-8-6-10(17)7-9-11)16(21)18-12-4-3-5-13-15(12)20-23-19-13/h3-9,14H,2H2,1H3,(H,18,21). The highest BCUT2D eigenvalue weighted by Gasteiger charge is 2.20. The van der Waals surface area contributed by atoms with Crippen LogP contribution < -0.4 is 10.1 Å². The Labute approximate surface area is 136 Å². The molecule has 1 N–H and O–H groups in total. The number of hydrogen-bond acceptors (Lipinski definition) is 5. The van der Waals surface area contributed by atoms with Crippen molar-refractivity contribution in [2.45, 2.75) is 19.4 Å². The van der Waals surface area contributed by atoms with Gasteiger partial charge < -0.3 is 10.1 Å². The first-order valence-electron chi connectivity index (χ1n) is 7.11. The first kappa shape index (κ1) is 15.4. The van der Waals surface area contributed by atoms with E-state index >= 15 is 0 Å². The lowest BCUT2D eigenvalue weighted by atomic mass is 10.2. The smallest absolute Gasteiger partial charge is 0.265 e. The number of nitrogens with one attached hydrogen (secondary N) is 1. The molecule has 118 valence electrons. The van der Waals surface area contributed by atoms with Gasteiger partial charge in [0.2, 0.25) is 0 Å². The van der Waals surface area contributed by atoms with Crippen LogP contribution in [0.2, 0.25) is 0 Å². The van der Waals surface area contributed by atoms with Crippen LogP contribution in [0.1, 0.15) is 13.3 Å². The lowest BCUT2D eigenvalue weighted by Gasteiger charge is -2.17. The Kier molecular flexibility index (Phi) is 4.47. The van der Waals surface area contributed by atoms with E-state index < -0.39 is 6.10 Å². The highest BCUT2D eigenvalue weighted by atomic mass is 32.1. The summed E-state index contributed by atoms with van der Waals surface area (Å²) < 4.78 is 26.9. The lowest BCUT2D eigenvalue weighted by molar-refractivity contribution is -0.122. The number of halogens is 1. The number of carbonyl (C=O) groups is 1. The van der Waals surface area contributed by atoms with Crippen LogP contribution in [0, 0.1) is 5.82 Å². The van der Waals surface area contributed by atoms with Crippen LogP contribution in [0.3, 0.4) is 0 Å². The summed E-state index contributed by atoms with van der Waals surface area (Å²) in [6, 6.07) is 11.0. The Hall–Kier alpha value is -2.54. The number of carbonyl (C=O) groups excluding carboxylic acids is 1. The summed E-state index contributed by atoms with van der Waals surface area (Å²) in [4.78, 5) is 12.4. The molecule has 0 fully saturated rings. The minimum Gasteiger partial charge on any atom is -0.481 e. The molecule has 1 unspecified atom stereocenters. The van der Waals surface area contributed by atoms with Gasteiger partial charge in [-0.25, -0.2) is 4.39 Å². The van der Waals surface area contributed by atoms with Crippen molar-refractivity contribution >= 4 is 34.4 Å². The van der Waals surface area contributed by atoms with E-state index in [4.69, 9.17) is 4.74 Å². The second kappa shape index (κ2) is 6.70. The maximum atomic E-state index is 12.9. The Bertz CT molecular complexity index is 820. The van der Waals surface area contributed by atoms with Crippen LogP contribution in [0.5, 0.6) is 5.75 Å². The fraction of sp³-hybridized carbons (Fsp3) is 0.188. The minimum absolute atomic E-state index is 0.280.